The standard InChI is InChI=1S/C19H36N6O/c1-8-16-15(17(9-2)24(7)22-16)13-21-19(20-10-3)23(6)14-18(26)25(11-4)12-5/h8-14H2,1-7H3,(H,20,21). The van der Waals surface area contributed by atoms with Crippen molar-refractivity contribution in [1.29, 1.82) is 0 Å². The van der Waals surface area contributed by atoms with Gasteiger partial charge >= 0.3 is 0 Å². The van der Waals surface area contributed by atoms with Gasteiger partial charge in [-0.2, -0.15) is 5.10 Å². The van der Waals surface area contributed by atoms with Gasteiger partial charge in [-0.25, -0.2) is 4.99 Å². The number of amides is 1. The third-order valence-corrected chi connectivity index (χ3v) is 4.60. The Labute approximate surface area is 158 Å². The molecule has 0 aromatic carbocycles. The van der Waals surface area contributed by atoms with Crippen molar-refractivity contribution >= 4 is 11.9 Å². The van der Waals surface area contributed by atoms with Gasteiger partial charge in [0.1, 0.15) is 0 Å². The van der Waals surface area contributed by atoms with Crippen LogP contribution in [0, 0.1) is 0 Å². The molecule has 1 aromatic rings. The van der Waals surface area contributed by atoms with Crippen LogP contribution in [0.4, 0.5) is 0 Å². The van der Waals surface area contributed by atoms with Crippen molar-refractivity contribution < 1.29 is 4.79 Å². The number of carbonyl (C=O) groups is 1. The summed E-state index contributed by atoms with van der Waals surface area (Å²) in [6, 6.07) is 0. The van der Waals surface area contributed by atoms with E-state index >= 15 is 0 Å². The van der Waals surface area contributed by atoms with Crippen LogP contribution in [0.5, 0.6) is 0 Å². The van der Waals surface area contributed by atoms with Crippen LogP contribution in [0.2, 0.25) is 0 Å². The number of guanidine groups is 1. The Kier molecular flexibility index (Phi) is 9.16. The van der Waals surface area contributed by atoms with Gasteiger partial charge in [0.2, 0.25) is 5.91 Å². The lowest BCUT2D eigenvalue weighted by molar-refractivity contribution is -0.131. The first-order valence-corrected chi connectivity index (χ1v) is 9.73. The van der Waals surface area contributed by atoms with Crippen molar-refractivity contribution in [3.8, 4) is 0 Å². The molecular weight excluding hydrogens is 328 g/mol. The maximum absolute atomic E-state index is 12.4. The molecule has 7 nitrogen and oxygen atoms in total. The summed E-state index contributed by atoms with van der Waals surface area (Å²) in [5.74, 6) is 0.869. The highest BCUT2D eigenvalue weighted by atomic mass is 16.2. The second kappa shape index (κ2) is 10.8. The zero-order chi connectivity index (χ0) is 19.7. The van der Waals surface area contributed by atoms with Crippen LogP contribution in [0.25, 0.3) is 0 Å². The minimum atomic E-state index is 0.118. The van der Waals surface area contributed by atoms with E-state index in [1.54, 1.807) is 0 Å². The van der Waals surface area contributed by atoms with Crippen molar-refractivity contribution in [3.05, 3.63) is 17.0 Å². The third kappa shape index (κ3) is 5.47. The fourth-order valence-corrected chi connectivity index (χ4v) is 3.15. The molecule has 1 N–H and O–H groups in total. The molecule has 1 heterocycles. The summed E-state index contributed by atoms with van der Waals surface area (Å²) in [7, 11) is 3.90. The van der Waals surface area contributed by atoms with E-state index in [2.05, 4.69) is 24.3 Å². The van der Waals surface area contributed by atoms with E-state index in [1.807, 2.05) is 49.3 Å². The minimum Gasteiger partial charge on any atom is -0.357 e. The van der Waals surface area contributed by atoms with Crippen LogP contribution in [-0.4, -0.2) is 64.7 Å². The zero-order valence-corrected chi connectivity index (χ0v) is 17.6. The fourth-order valence-electron chi connectivity index (χ4n) is 3.15. The summed E-state index contributed by atoms with van der Waals surface area (Å²) >= 11 is 0. The second-order valence-corrected chi connectivity index (χ2v) is 6.29. The molecule has 0 atom stereocenters. The van der Waals surface area contributed by atoms with E-state index in [4.69, 9.17) is 4.99 Å². The van der Waals surface area contributed by atoms with Crippen molar-refractivity contribution in [3.63, 3.8) is 0 Å². The quantitative estimate of drug-likeness (QED) is 0.536. The van der Waals surface area contributed by atoms with Crippen LogP contribution >= 0.6 is 0 Å². The van der Waals surface area contributed by atoms with E-state index in [0.717, 1.165) is 44.1 Å². The van der Waals surface area contributed by atoms with Crippen molar-refractivity contribution in [1.82, 2.24) is 24.9 Å². The molecule has 0 fully saturated rings. The summed E-state index contributed by atoms with van der Waals surface area (Å²) in [6.45, 7) is 13.4. The number of aromatic nitrogens is 2. The molecule has 148 valence electrons. The van der Waals surface area contributed by atoms with E-state index < -0.39 is 0 Å². The van der Waals surface area contributed by atoms with Gasteiger partial charge in [-0.15, -0.1) is 0 Å². The third-order valence-electron chi connectivity index (χ3n) is 4.60. The number of aryl methyl sites for hydroxylation is 2. The lowest BCUT2D eigenvalue weighted by Gasteiger charge is -2.25. The summed E-state index contributed by atoms with van der Waals surface area (Å²) in [5.41, 5.74) is 3.53. The number of carbonyl (C=O) groups excluding carboxylic acids is 1. The highest BCUT2D eigenvalue weighted by Gasteiger charge is 2.17. The van der Waals surface area contributed by atoms with Crippen LogP contribution in [-0.2, 0) is 31.2 Å². The average molecular weight is 365 g/mol. The van der Waals surface area contributed by atoms with E-state index in [9.17, 15) is 4.79 Å². The average Bonchev–Trinajstić information content (AvgIpc) is 2.94. The molecule has 0 spiro atoms. The number of nitrogens with one attached hydrogen (secondary N) is 1. The molecule has 0 saturated heterocycles. The number of nitrogens with zero attached hydrogens (tertiary/aromatic N) is 5. The number of aliphatic imine (C=N–C) groups is 1. The molecular formula is C19H36N6O. The smallest absolute Gasteiger partial charge is 0.242 e. The van der Waals surface area contributed by atoms with Gasteiger partial charge in [-0.05, 0) is 33.6 Å². The maximum atomic E-state index is 12.4. The Morgan fingerprint density at radius 3 is 2.31 bits per heavy atom. The van der Waals surface area contributed by atoms with Crippen LogP contribution < -0.4 is 5.32 Å². The van der Waals surface area contributed by atoms with Gasteiger partial charge < -0.3 is 15.1 Å². The van der Waals surface area contributed by atoms with Gasteiger partial charge in [-0.3, -0.25) is 9.48 Å². The normalized spacial score (nSPS) is 11.6. The minimum absolute atomic E-state index is 0.118. The Balaban J connectivity index is 2.98. The molecule has 0 radical (unpaired) electrons. The molecule has 1 aromatic heterocycles. The first-order chi connectivity index (χ1) is 12.4. The Hall–Kier alpha value is -2.05. The topological polar surface area (TPSA) is 65.8 Å². The number of rotatable bonds is 9. The van der Waals surface area contributed by atoms with E-state index in [0.29, 0.717) is 13.1 Å². The Morgan fingerprint density at radius 1 is 1.15 bits per heavy atom. The molecule has 0 saturated carbocycles. The van der Waals surface area contributed by atoms with Gasteiger partial charge in [0, 0.05) is 45.0 Å². The molecule has 0 unspecified atom stereocenters. The molecule has 26 heavy (non-hydrogen) atoms. The summed E-state index contributed by atoms with van der Waals surface area (Å²) in [5, 5.41) is 7.91. The number of likely N-dealkylation sites (N-methyl/N-ethyl adjacent to an activating group) is 2. The van der Waals surface area contributed by atoms with Gasteiger partial charge in [0.05, 0.1) is 18.8 Å². The van der Waals surface area contributed by atoms with E-state index in [1.165, 1.54) is 11.3 Å². The second-order valence-electron chi connectivity index (χ2n) is 6.29. The van der Waals surface area contributed by atoms with Crippen molar-refractivity contribution in [2.45, 2.75) is 54.0 Å². The molecule has 0 bridgehead atoms. The molecule has 0 aliphatic heterocycles. The fraction of sp³-hybridized carbons (Fsp3) is 0.737. The van der Waals surface area contributed by atoms with Crippen LogP contribution in [0.15, 0.2) is 4.99 Å². The first kappa shape index (κ1) is 22.0. The monoisotopic (exact) mass is 364 g/mol. The van der Waals surface area contributed by atoms with Gasteiger partial charge in [0.25, 0.3) is 0 Å². The molecule has 7 heteroatoms. The Bertz CT molecular complexity index is 603. The predicted octanol–water partition coefficient (Wildman–Crippen LogP) is 1.81. The van der Waals surface area contributed by atoms with E-state index in [-0.39, 0.29) is 5.91 Å². The largest absolute Gasteiger partial charge is 0.357 e. The number of hydrogen-bond donors (Lipinski definition) is 1. The molecule has 0 aliphatic rings. The lowest BCUT2D eigenvalue weighted by atomic mass is 10.1. The van der Waals surface area contributed by atoms with Crippen LogP contribution in [0.1, 0.15) is 51.6 Å². The summed E-state index contributed by atoms with van der Waals surface area (Å²) in [6.07, 6.45) is 1.83. The van der Waals surface area contributed by atoms with Gasteiger partial charge in [0.15, 0.2) is 5.96 Å². The molecule has 1 amide bonds. The first-order valence-electron chi connectivity index (χ1n) is 9.73. The summed E-state index contributed by atoms with van der Waals surface area (Å²) < 4.78 is 1.96. The lowest BCUT2D eigenvalue weighted by Crippen LogP contribution is -2.45. The molecule has 1 rings (SSSR count). The SMILES string of the molecule is CCNC(=NCc1c(CC)nn(C)c1CC)N(C)CC(=O)N(CC)CC. The van der Waals surface area contributed by atoms with Gasteiger partial charge in [-0.1, -0.05) is 13.8 Å². The summed E-state index contributed by atoms with van der Waals surface area (Å²) in [4.78, 5) is 20.9. The number of hydrogen-bond acceptors (Lipinski definition) is 3. The van der Waals surface area contributed by atoms with Crippen molar-refractivity contribution in [2.75, 3.05) is 33.2 Å². The maximum Gasteiger partial charge on any atom is 0.242 e. The highest BCUT2D eigenvalue weighted by Crippen LogP contribution is 2.16. The zero-order valence-electron chi connectivity index (χ0n) is 17.6. The predicted molar refractivity (Wildman–Crippen MR) is 107 cm³/mol. The van der Waals surface area contributed by atoms with Crippen LogP contribution in [0.3, 0.4) is 0 Å². The highest BCUT2D eigenvalue weighted by molar-refractivity contribution is 5.86. The van der Waals surface area contributed by atoms with Crippen molar-refractivity contribution in [2.24, 2.45) is 12.0 Å². The Morgan fingerprint density at radius 2 is 1.81 bits per heavy atom. The molecule has 0 aliphatic carbocycles.